The molecule has 1 aliphatic heterocycles. The number of carbonyl (C=O) groups excluding carboxylic acids is 1. The molecule has 94 valence electrons. The first-order valence-corrected chi connectivity index (χ1v) is 6.27. The molecule has 3 rings (SSSR count). The van der Waals surface area contributed by atoms with E-state index in [0.29, 0.717) is 12.4 Å². The van der Waals surface area contributed by atoms with Gasteiger partial charge in [-0.15, -0.1) is 0 Å². The van der Waals surface area contributed by atoms with Crippen LogP contribution in [0.2, 0.25) is 0 Å². The Morgan fingerprint density at radius 1 is 1.33 bits per heavy atom. The van der Waals surface area contributed by atoms with Crippen LogP contribution in [0.3, 0.4) is 0 Å². The fourth-order valence-corrected chi connectivity index (χ4v) is 2.35. The maximum atomic E-state index is 12.1. The number of hydrogen-bond donors (Lipinski definition) is 1. The lowest BCUT2D eigenvalue weighted by molar-refractivity contribution is 0.0923. The maximum Gasteiger partial charge on any atom is 0.269 e. The second-order valence-corrected chi connectivity index (χ2v) is 4.56. The first kappa shape index (κ1) is 11.2. The Kier molecular flexibility index (Phi) is 2.98. The van der Waals surface area contributed by atoms with E-state index in [4.69, 9.17) is 0 Å². The second-order valence-electron chi connectivity index (χ2n) is 4.56. The molecule has 0 spiro atoms. The quantitative estimate of drug-likeness (QED) is 0.880. The third kappa shape index (κ3) is 2.09. The van der Waals surface area contributed by atoms with Gasteiger partial charge in [0.25, 0.3) is 5.91 Å². The smallest absolute Gasteiger partial charge is 0.269 e. The fraction of sp³-hybridized carbons (Fsp3) is 0.385. The molecular weight excluding hydrogens is 228 g/mol. The molecule has 0 atom stereocenters. The van der Waals surface area contributed by atoms with Crippen molar-refractivity contribution in [2.45, 2.75) is 12.8 Å². The van der Waals surface area contributed by atoms with Gasteiger partial charge in [-0.2, -0.15) is 0 Å². The van der Waals surface area contributed by atoms with Gasteiger partial charge in [0, 0.05) is 12.4 Å². The Bertz CT molecular complexity index is 557. The number of rotatable bonds is 3. The van der Waals surface area contributed by atoms with Crippen molar-refractivity contribution >= 4 is 11.6 Å². The minimum atomic E-state index is -0.0505. The van der Waals surface area contributed by atoms with Crippen LogP contribution in [0.25, 0.3) is 5.65 Å². The van der Waals surface area contributed by atoms with E-state index in [1.54, 1.807) is 16.8 Å². The number of pyridine rings is 1. The summed E-state index contributed by atoms with van der Waals surface area (Å²) in [5.74, 6) is -0.0505. The van der Waals surface area contributed by atoms with Gasteiger partial charge in [-0.05, 0) is 38.1 Å². The number of aromatic nitrogens is 2. The Hall–Kier alpha value is -1.88. The van der Waals surface area contributed by atoms with Crippen LogP contribution < -0.4 is 5.32 Å². The van der Waals surface area contributed by atoms with Crippen molar-refractivity contribution in [1.82, 2.24) is 19.6 Å². The average molecular weight is 244 g/mol. The Morgan fingerprint density at radius 2 is 2.17 bits per heavy atom. The summed E-state index contributed by atoms with van der Waals surface area (Å²) in [5.41, 5.74) is 1.42. The molecule has 1 aliphatic rings. The van der Waals surface area contributed by atoms with Gasteiger partial charge in [0.2, 0.25) is 0 Å². The number of likely N-dealkylation sites (tertiary alicyclic amines) is 1. The van der Waals surface area contributed by atoms with E-state index < -0.39 is 0 Å². The van der Waals surface area contributed by atoms with Gasteiger partial charge in [-0.3, -0.25) is 14.1 Å². The second kappa shape index (κ2) is 4.78. The van der Waals surface area contributed by atoms with Crippen LogP contribution in [0.15, 0.2) is 30.6 Å². The number of hydrogen-bond acceptors (Lipinski definition) is 3. The van der Waals surface area contributed by atoms with Crippen molar-refractivity contribution in [3.8, 4) is 0 Å². The zero-order valence-corrected chi connectivity index (χ0v) is 10.2. The lowest BCUT2D eigenvalue weighted by Crippen LogP contribution is -2.36. The molecule has 1 fully saturated rings. The fourth-order valence-electron chi connectivity index (χ4n) is 2.35. The van der Waals surface area contributed by atoms with Gasteiger partial charge in [0.15, 0.2) is 0 Å². The molecule has 0 unspecified atom stereocenters. The highest BCUT2D eigenvalue weighted by atomic mass is 16.2. The van der Waals surface area contributed by atoms with E-state index in [2.05, 4.69) is 15.2 Å². The molecule has 2 aromatic heterocycles. The Labute approximate surface area is 105 Å². The SMILES string of the molecule is O=C(NCN1CCCC1)c1cccc2nccn12. The largest absolute Gasteiger partial charge is 0.338 e. The van der Waals surface area contributed by atoms with Crippen LogP contribution >= 0.6 is 0 Å². The summed E-state index contributed by atoms with van der Waals surface area (Å²) in [5, 5.41) is 2.96. The van der Waals surface area contributed by atoms with Gasteiger partial charge in [-0.1, -0.05) is 6.07 Å². The number of imidazole rings is 1. The molecule has 1 saturated heterocycles. The summed E-state index contributed by atoms with van der Waals surface area (Å²) in [4.78, 5) is 18.6. The maximum absolute atomic E-state index is 12.1. The molecule has 18 heavy (non-hydrogen) atoms. The van der Waals surface area contributed by atoms with Crippen LogP contribution in [0, 0.1) is 0 Å². The van der Waals surface area contributed by atoms with Gasteiger partial charge in [-0.25, -0.2) is 4.98 Å². The third-order valence-electron chi connectivity index (χ3n) is 3.32. The van der Waals surface area contributed by atoms with Crippen molar-refractivity contribution in [2.75, 3.05) is 19.8 Å². The van der Waals surface area contributed by atoms with Crippen LogP contribution in [0.4, 0.5) is 0 Å². The number of carbonyl (C=O) groups is 1. The zero-order valence-electron chi connectivity index (χ0n) is 10.2. The standard InChI is InChI=1S/C13H16N4O/c18-13(15-10-16-7-1-2-8-16)11-4-3-5-12-14-6-9-17(11)12/h3-6,9H,1-2,7-8,10H2,(H,15,18). The molecule has 1 N–H and O–H groups in total. The Balaban J connectivity index is 1.73. The van der Waals surface area contributed by atoms with Gasteiger partial charge >= 0.3 is 0 Å². The molecule has 0 aromatic carbocycles. The summed E-state index contributed by atoms with van der Waals surface area (Å²) in [6.07, 6.45) is 5.96. The number of fused-ring (bicyclic) bond motifs is 1. The molecule has 3 heterocycles. The van der Waals surface area contributed by atoms with Crippen molar-refractivity contribution in [3.63, 3.8) is 0 Å². The monoisotopic (exact) mass is 244 g/mol. The topological polar surface area (TPSA) is 49.6 Å². The average Bonchev–Trinajstić information content (AvgIpc) is 3.05. The summed E-state index contributed by atoms with van der Waals surface area (Å²) in [6, 6.07) is 5.55. The first-order valence-electron chi connectivity index (χ1n) is 6.27. The van der Waals surface area contributed by atoms with E-state index >= 15 is 0 Å². The van der Waals surface area contributed by atoms with Crippen molar-refractivity contribution < 1.29 is 4.79 Å². The van der Waals surface area contributed by atoms with E-state index in [0.717, 1.165) is 18.7 Å². The third-order valence-corrected chi connectivity index (χ3v) is 3.32. The van der Waals surface area contributed by atoms with Crippen LogP contribution in [0.1, 0.15) is 23.3 Å². The molecule has 0 aliphatic carbocycles. The summed E-state index contributed by atoms with van der Waals surface area (Å²) >= 11 is 0. The molecule has 1 amide bonds. The first-order chi connectivity index (χ1) is 8.84. The lowest BCUT2D eigenvalue weighted by Gasteiger charge is -2.15. The predicted molar refractivity (Wildman–Crippen MR) is 68.3 cm³/mol. The summed E-state index contributed by atoms with van der Waals surface area (Å²) in [6.45, 7) is 2.79. The molecule has 5 nitrogen and oxygen atoms in total. The number of nitrogens with one attached hydrogen (secondary N) is 1. The van der Waals surface area contributed by atoms with Gasteiger partial charge in [0.1, 0.15) is 11.3 Å². The minimum absolute atomic E-state index is 0.0505. The zero-order chi connectivity index (χ0) is 12.4. The van der Waals surface area contributed by atoms with Crippen molar-refractivity contribution in [3.05, 3.63) is 36.3 Å². The highest BCUT2D eigenvalue weighted by Crippen LogP contribution is 2.07. The van der Waals surface area contributed by atoms with E-state index in [1.165, 1.54) is 12.8 Å². The van der Waals surface area contributed by atoms with Crippen molar-refractivity contribution in [2.24, 2.45) is 0 Å². The predicted octanol–water partition coefficient (Wildman–Crippen LogP) is 1.12. The molecule has 5 heteroatoms. The summed E-state index contributed by atoms with van der Waals surface area (Å²) in [7, 11) is 0. The van der Waals surface area contributed by atoms with E-state index in [9.17, 15) is 4.79 Å². The highest BCUT2D eigenvalue weighted by Gasteiger charge is 2.14. The van der Waals surface area contributed by atoms with Crippen LogP contribution in [-0.4, -0.2) is 39.9 Å². The molecule has 2 aromatic rings. The molecule has 0 bridgehead atoms. The Morgan fingerprint density at radius 3 is 3.00 bits per heavy atom. The molecule has 0 saturated carbocycles. The normalized spacial score (nSPS) is 16.2. The van der Waals surface area contributed by atoms with Crippen molar-refractivity contribution in [1.29, 1.82) is 0 Å². The number of nitrogens with zero attached hydrogens (tertiary/aromatic N) is 3. The van der Waals surface area contributed by atoms with Crippen LogP contribution in [-0.2, 0) is 0 Å². The summed E-state index contributed by atoms with van der Waals surface area (Å²) < 4.78 is 1.80. The van der Waals surface area contributed by atoms with Gasteiger partial charge < -0.3 is 5.32 Å². The number of amides is 1. The van der Waals surface area contributed by atoms with Crippen LogP contribution in [0.5, 0.6) is 0 Å². The molecule has 0 radical (unpaired) electrons. The van der Waals surface area contributed by atoms with E-state index in [-0.39, 0.29) is 5.91 Å². The highest BCUT2D eigenvalue weighted by molar-refractivity contribution is 5.93. The van der Waals surface area contributed by atoms with Gasteiger partial charge in [0.05, 0.1) is 6.67 Å². The minimum Gasteiger partial charge on any atom is -0.338 e. The molecular formula is C13H16N4O. The lowest BCUT2D eigenvalue weighted by atomic mass is 10.3. The van der Waals surface area contributed by atoms with E-state index in [1.807, 2.05) is 18.2 Å².